The van der Waals surface area contributed by atoms with E-state index in [4.69, 9.17) is 0 Å². The Balaban J connectivity index is 2.41. The molecule has 1 heterocycles. The van der Waals surface area contributed by atoms with Gasteiger partial charge < -0.3 is 10.1 Å². The minimum absolute atomic E-state index is 0.139. The highest BCUT2D eigenvalue weighted by atomic mass is 32.2. The average molecular weight is 293 g/mol. The fourth-order valence-electron chi connectivity index (χ4n) is 1.53. The van der Waals surface area contributed by atoms with Gasteiger partial charge in [0.2, 0.25) is 0 Å². The third-order valence-corrected chi connectivity index (χ3v) is 3.48. The summed E-state index contributed by atoms with van der Waals surface area (Å²) in [6.07, 6.45) is 0.541. The molecule has 1 atom stereocenters. The molecule has 0 spiro atoms. The van der Waals surface area contributed by atoms with Crippen LogP contribution in [0.1, 0.15) is 18.6 Å². The molecule has 0 aliphatic rings. The van der Waals surface area contributed by atoms with Crippen molar-refractivity contribution in [3.63, 3.8) is 0 Å². The van der Waals surface area contributed by atoms with Crippen molar-refractivity contribution in [1.29, 1.82) is 0 Å². The predicted octanol–water partition coefficient (Wildman–Crippen LogP) is 1.88. The number of benzene rings is 1. The Morgan fingerprint density at radius 2 is 2.20 bits per heavy atom. The molecular weight excluding hydrogens is 282 g/mol. The number of hydrogen-bond acceptors (Lipinski definition) is 6. The number of nitro benzene ring substituents is 1. The molecule has 0 amide bonds. The summed E-state index contributed by atoms with van der Waals surface area (Å²) in [6.45, 7) is 1.53. The van der Waals surface area contributed by atoms with Crippen LogP contribution in [0, 0.1) is 10.1 Å². The second kappa shape index (κ2) is 5.85. The van der Waals surface area contributed by atoms with Gasteiger partial charge in [-0.25, -0.2) is 4.98 Å². The molecule has 1 unspecified atom stereocenters. The Morgan fingerprint density at radius 3 is 2.80 bits per heavy atom. The molecule has 0 aliphatic carbocycles. The molecule has 0 aliphatic heterocycles. The SMILES string of the molecule is CC(O)c1ccc(Sc2nccc(=O)[nH]2)c([N+](=O)[O-])c1. The highest BCUT2D eigenvalue weighted by Gasteiger charge is 2.18. The lowest BCUT2D eigenvalue weighted by Crippen LogP contribution is -2.05. The molecule has 2 N–H and O–H groups in total. The van der Waals surface area contributed by atoms with Gasteiger partial charge >= 0.3 is 0 Å². The Morgan fingerprint density at radius 1 is 1.45 bits per heavy atom. The minimum atomic E-state index is -0.789. The van der Waals surface area contributed by atoms with Crippen molar-refractivity contribution in [1.82, 2.24) is 9.97 Å². The molecule has 0 saturated carbocycles. The molecule has 0 radical (unpaired) electrons. The Hall–Kier alpha value is -2.19. The van der Waals surface area contributed by atoms with Gasteiger partial charge in [0.1, 0.15) is 0 Å². The number of hydrogen-bond donors (Lipinski definition) is 2. The first-order valence-corrected chi connectivity index (χ1v) is 6.48. The fraction of sp³-hybridized carbons (Fsp3) is 0.167. The molecule has 20 heavy (non-hydrogen) atoms. The van der Waals surface area contributed by atoms with E-state index in [1.54, 1.807) is 6.07 Å². The van der Waals surface area contributed by atoms with E-state index in [1.807, 2.05) is 0 Å². The third kappa shape index (κ3) is 3.22. The van der Waals surface area contributed by atoms with E-state index >= 15 is 0 Å². The van der Waals surface area contributed by atoms with Crippen LogP contribution >= 0.6 is 11.8 Å². The summed E-state index contributed by atoms with van der Waals surface area (Å²) in [4.78, 5) is 28.5. The van der Waals surface area contributed by atoms with E-state index in [1.165, 1.54) is 31.3 Å². The van der Waals surface area contributed by atoms with Crippen LogP contribution in [0.2, 0.25) is 0 Å². The molecule has 104 valence electrons. The van der Waals surface area contributed by atoms with E-state index < -0.39 is 11.0 Å². The molecule has 0 fully saturated rings. The number of nitrogens with zero attached hydrogens (tertiary/aromatic N) is 2. The first-order chi connectivity index (χ1) is 9.47. The van der Waals surface area contributed by atoms with E-state index in [2.05, 4.69) is 9.97 Å². The number of aromatic nitrogens is 2. The lowest BCUT2D eigenvalue weighted by molar-refractivity contribution is -0.387. The molecular formula is C12H11N3O4S. The second-order valence-corrected chi connectivity index (χ2v) is 5.03. The van der Waals surface area contributed by atoms with Crippen molar-refractivity contribution in [3.05, 3.63) is 56.5 Å². The third-order valence-electron chi connectivity index (χ3n) is 2.52. The van der Waals surface area contributed by atoms with Crippen LogP contribution in [0.3, 0.4) is 0 Å². The van der Waals surface area contributed by atoms with Crippen molar-refractivity contribution in [3.8, 4) is 0 Å². The van der Waals surface area contributed by atoms with Crippen molar-refractivity contribution in [2.75, 3.05) is 0 Å². The molecule has 0 saturated heterocycles. The summed E-state index contributed by atoms with van der Waals surface area (Å²) in [5, 5.41) is 20.8. The topological polar surface area (TPSA) is 109 Å². The number of aromatic amines is 1. The van der Waals surface area contributed by atoms with Crippen LogP contribution in [0.4, 0.5) is 5.69 Å². The van der Waals surface area contributed by atoms with E-state index in [0.717, 1.165) is 11.8 Å². The lowest BCUT2D eigenvalue weighted by atomic mass is 10.1. The summed E-state index contributed by atoms with van der Waals surface area (Å²) in [7, 11) is 0. The predicted molar refractivity (Wildman–Crippen MR) is 72.7 cm³/mol. The molecule has 2 aromatic rings. The van der Waals surface area contributed by atoms with Crippen molar-refractivity contribution in [2.24, 2.45) is 0 Å². The van der Waals surface area contributed by atoms with Crippen LogP contribution in [0.15, 0.2) is 45.3 Å². The lowest BCUT2D eigenvalue weighted by Gasteiger charge is -2.07. The zero-order chi connectivity index (χ0) is 14.7. The Bertz CT molecular complexity index is 699. The van der Waals surface area contributed by atoms with Crippen LogP contribution in [0.25, 0.3) is 0 Å². The largest absolute Gasteiger partial charge is 0.389 e. The van der Waals surface area contributed by atoms with Crippen molar-refractivity contribution in [2.45, 2.75) is 23.1 Å². The molecule has 2 rings (SSSR count). The maximum absolute atomic E-state index is 11.2. The summed E-state index contributed by atoms with van der Waals surface area (Å²) < 4.78 is 0. The standard InChI is InChI=1S/C12H11N3O4S/c1-7(16)8-2-3-10(9(6-8)15(18)19)20-12-13-5-4-11(17)14-12/h2-7,16H,1H3,(H,13,14,17). The normalized spacial score (nSPS) is 12.1. The zero-order valence-electron chi connectivity index (χ0n) is 10.4. The van der Waals surface area contributed by atoms with Gasteiger partial charge in [-0.1, -0.05) is 6.07 Å². The number of nitro groups is 1. The van der Waals surface area contributed by atoms with Crippen LogP contribution in [0.5, 0.6) is 0 Å². The van der Waals surface area contributed by atoms with Gasteiger partial charge in [-0.05, 0) is 30.3 Å². The van der Waals surface area contributed by atoms with Crippen LogP contribution in [-0.2, 0) is 0 Å². The van der Waals surface area contributed by atoms with Crippen LogP contribution < -0.4 is 5.56 Å². The smallest absolute Gasteiger partial charge is 0.283 e. The van der Waals surface area contributed by atoms with Crippen LogP contribution in [-0.4, -0.2) is 20.0 Å². The summed E-state index contributed by atoms with van der Waals surface area (Å²) >= 11 is 0.987. The minimum Gasteiger partial charge on any atom is -0.389 e. The zero-order valence-corrected chi connectivity index (χ0v) is 11.3. The van der Waals surface area contributed by atoms with Crippen molar-refractivity contribution >= 4 is 17.4 Å². The Kier molecular flexibility index (Phi) is 4.16. The average Bonchev–Trinajstić information content (AvgIpc) is 2.38. The van der Waals surface area contributed by atoms with Gasteiger partial charge in [-0.3, -0.25) is 14.9 Å². The van der Waals surface area contributed by atoms with E-state index in [-0.39, 0.29) is 16.4 Å². The number of H-pyrrole nitrogens is 1. The van der Waals surface area contributed by atoms with E-state index in [0.29, 0.717) is 10.5 Å². The maximum atomic E-state index is 11.2. The highest BCUT2D eigenvalue weighted by molar-refractivity contribution is 7.99. The van der Waals surface area contributed by atoms with Gasteiger partial charge in [-0.2, -0.15) is 0 Å². The van der Waals surface area contributed by atoms with Gasteiger partial charge in [0.15, 0.2) is 5.16 Å². The molecule has 1 aromatic heterocycles. The summed E-state index contributed by atoms with van der Waals surface area (Å²) in [5.41, 5.74) is -0.0128. The number of aliphatic hydroxyl groups is 1. The van der Waals surface area contributed by atoms with Crippen molar-refractivity contribution < 1.29 is 10.0 Å². The maximum Gasteiger partial charge on any atom is 0.283 e. The van der Waals surface area contributed by atoms with E-state index in [9.17, 15) is 20.0 Å². The number of nitrogens with one attached hydrogen (secondary N) is 1. The fourth-order valence-corrected chi connectivity index (χ4v) is 2.38. The molecule has 1 aromatic carbocycles. The van der Waals surface area contributed by atoms with Gasteiger partial charge in [0.25, 0.3) is 11.2 Å². The quantitative estimate of drug-likeness (QED) is 0.506. The summed E-state index contributed by atoms with van der Waals surface area (Å²) in [6, 6.07) is 5.70. The number of aliphatic hydroxyl groups excluding tert-OH is 1. The molecule has 8 heteroatoms. The highest BCUT2D eigenvalue weighted by Crippen LogP contribution is 2.34. The first-order valence-electron chi connectivity index (χ1n) is 5.67. The number of rotatable bonds is 4. The molecule has 0 bridgehead atoms. The first kappa shape index (κ1) is 14.2. The van der Waals surface area contributed by atoms with Gasteiger partial charge in [0.05, 0.1) is 15.9 Å². The summed E-state index contributed by atoms with van der Waals surface area (Å²) in [5.74, 6) is 0. The molecule has 7 nitrogen and oxygen atoms in total. The Labute approximate surface area is 117 Å². The monoisotopic (exact) mass is 293 g/mol. The van der Waals surface area contributed by atoms with Gasteiger partial charge in [0, 0.05) is 18.3 Å². The second-order valence-electron chi connectivity index (χ2n) is 4.00. The van der Waals surface area contributed by atoms with Gasteiger partial charge in [-0.15, -0.1) is 0 Å².